The summed E-state index contributed by atoms with van der Waals surface area (Å²) in [6.45, 7) is 1.74. The van der Waals surface area contributed by atoms with Gasteiger partial charge in [0.1, 0.15) is 0 Å². The van der Waals surface area contributed by atoms with E-state index in [4.69, 9.17) is 0 Å². The third-order valence-electron chi connectivity index (χ3n) is 6.03. The Kier molecular flexibility index (Phi) is 5.37. The van der Waals surface area contributed by atoms with Gasteiger partial charge in [-0.3, -0.25) is 9.59 Å². The minimum atomic E-state index is -0.225. The first-order chi connectivity index (χ1) is 17.7. The van der Waals surface area contributed by atoms with E-state index in [1.807, 2.05) is 36.4 Å². The van der Waals surface area contributed by atoms with E-state index in [-0.39, 0.29) is 17.6 Å². The van der Waals surface area contributed by atoms with Gasteiger partial charge >= 0.3 is 0 Å². The number of nitrogens with zero attached hydrogens (tertiary/aromatic N) is 9. The first-order valence-corrected chi connectivity index (χ1v) is 11.4. The van der Waals surface area contributed by atoms with Gasteiger partial charge in [-0.25, -0.2) is 15.0 Å². The third-order valence-corrected chi connectivity index (χ3v) is 6.03. The van der Waals surface area contributed by atoms with Crippen LogP contribution in [0.3, 0.4) is 0 Å². The molecule has 0 aliphatic carbocycles. The smallest absolute Gasteiger partial charge is 0.291 e. The number of hydrogen-bond acceptors (Lipinski definition) is 9. The number of para-hydroxylation sites is 2. The molecule has 0 atom stereocenters. The van der Waals surface area contributed by atoms with E-state index in [1.54, 1.807) is 44.9 Å². The molecular weight excluding hydrogens is 460 g/mol. The van der Waals surface area contributed by atoms with Gasteiger partial charge in [-0.1, -0.05) is 12.1 Å². The lowest BCUT2D eigenvalue weighted by Crippen LogP contribution is -2.50. The van der Waals surface area contributed by atoms with E-state index < -0.39 is 0 Å². The van der Waals surface area contributed by atoms with Gasteiger partial charge in [-0.15, -0.1) is 5.10 Å². The summed E-state index contributed by atoms with van der Waals surface area (Å²) in [6.07, 6.45) is 3.08. The summed E-state index contributed by atoms with van der Waals surface area (Å²) in [5.74, 6) is 0.372. The molecule has 1 fully saturated rings. The van der Waals surface area contributed by atoms with Crippen LogP contribution in [0.15, 0.2) is 67.0 Å². The van der Waals surface area contributed by atoms with Crippen LogP contribution in [0.25, 0.3) is 16.7 Å². The lowest BCUT2D eigenvalue weighted by Gasteiger charge is -2.34. The van der Waals surface area contributed by atoms with Crippen LogP contribution in [0.1, 0.15) is 21.0 Å². The SMILES string of the molecule is O=C(c1ccc(Nc2nc3ccccc3n3nnnc23)cc1)N1CCN(C(=O)c2ncccn2)CC1. The number of nitrogens with one attached hydrogen (secondary N) is 1. The fraction of sp³-hybridized carbons (Fsp3) is 0.167. The van der Waals surface area contributed by atoms with Crippen LogP contribution in [-0.4, -0.2) is 82.8 Å². The van der Waals surface area contributed by atoms with Crippen molar-refractivity contribution in [3.8, 4) is 0 Å². The highest BCUT2D eigenvalue weighted by atomic mass is 16.2. The minimum Gasteiger partial charge on any atom is -0.337 e. The van der Waals surface area contributed by atoms with Crippen molar-refractivity contribution in [2.75, 3.05) is 31.5 Å². The number of carbonyl (C=O) groups is 2. The van der Waals surface area contributed by atoms with Crippen LogP contribution in [0.5, 0.6) is 0 Å². The van der Waals surface area contributed by atoms with Crippen molar-refractivity contribution in [3.05, 3.63) is 78.4 Å². The van der Waals surface area contributed by atoms with E-state index in [0.29, 0.717) is 43.2 Å². The van der Waals surface area contributed by atoms with Gasteiger partial charge in [0.25, 0.3) is 11.8 Å². The summed E-state index contributed by atoms with van der Waals surface area (Å²) < 4.78 is 1.64. The molecule has 1 aliphatic heterocycles. The summed E-state index contributed by atoms with van der Waals surface area (Å²) in [5, 5.41) is 15.2. The Balaban J connectivity index is 1.13. The second-order valence-electron chi connectivity index (χ2n) is 8.22. The molecule has 1 saturated heterocycles. The second kappa shape index (κ2) is 8.98. The first-order valence-electron chi connectivity index (χ1n) is 11.4. The number of rotatable bonds is 4. The fourth-order valence-electron chi connectivity index (χ4n) is 4.17. The van der Waals surface area contributed by atoms with Crippen molar-refractivity contribution in [3.63, 3.8) is 0 Å². The molecule has 0 unspecified atom stereocenters. The van der Waals surface area contributed by atoms with Crippen molar-refractivity contribution in [2.24, 2.45) is 0 Å². The number of benzene rings is 2. The van der Waals surface area contributed by atoms with Crippen molar-refractivity contribution in [1.29, 1.82) is 0 Å². The predicted molar refractivity (Wildman–Crippen MR) is 130 cm³/mol. The quantitative estimate of drug-likeness (QED) is 0.408. The third kappa shape index (κ3) is 3.94. The van der Waals surface area contributed by atoms with Crippen LogP contribution in [0.2, 0.25) is 0 Å². The number of piperazine rings is 1. The zero-order chi connectivity index (χ0) is 24.5. The van der Waals surface area contributed by atoms with Gasteiger partial charge in [0, 0.05) is 49.8 Å². The molecular formula is C24H20N10O2. The summed E-state index contributed by atoms with van der Waals surface area (Å²) in [4.78, 5) is 41.7. The Hall–Kier alpha value is -5.00. The Morgan fingerprint density at radius 1 is 0.806 bits per heavy atom. The Morgan fingerprint density at radius 2 is 1.50 bits per heavy atom. The molecule has 2 aromatic carbocycles. The fourth-order valence-corrected chi connectivity index (χ4v) is 4.17. The Morgan fingerprint density at radius 3 is 2.25 bits per heavy atom. The molecule has 3 aromatic heterocycles. The van der Waals surface area contributed by atoms with Gasteiger partial charge in [0.2, 0.25) is 11.5 Å². The maximum atomic E-state index is 13.0. The summed E-state index contributed by atoms with van der Waals surface area (Å²) >= 11 is 0. The number of tetrazole rings is 1. The molecule has 1 aliphatic rings. The van der Waals surface area contributed by atoms with Gasteiger partial charge in [-0.05, 0) is 52.9 Å². The largest absolute Gasteiger partial charge is 0.337 e. The minimum absolute atomic E-state index is 0.0857. The number of carbonyl (C=O) groups excluding carboxylic acids is 2. The number of amides is 2. The molecule has 12 nitrogen and oxygen atoms in total. The molecule has 2 amide bonds. The maximum Gasteiger partial charge on any atom is 0.291 e. The Bertz CT molecular complexity index is 1560. The topological polar surface area (TPSA) is 134 Å². The molecule has 12 heteroatoms. The van der Waals surface area contributed by atoms with Crippen LogP contribution in [-0.2, 0) is 0 Å². The molecule has 6 rings (SSSR count). The van der Waals surface area contributed by atoms with Gasteiger partial charge in [0.05, 0.1) is 11.0 Å². The molecule has 4 heterocycles. The van der Waals surface area contributed by atoms with E-state index in [0.717, 1.165) is 16.7 Å². The zero-order valence-electron chi connectivity index (χ0n) is 19.0. The second-order valence-corrected chi connectivity index (χ2v) is 8.22. The number of aromatic nitrogens is 7. The van der Waals surface area contributed by atoms with Crippen LogP contribution < -0.4 is 5.32 Å². The van der Waals surface area contributed by atoms with Gasteiger partial charge < -0.3 is 15.1 Å². The zero-order valence-corrected chi connectivity index (χ0v) is 19.0. The molecule has 1 N–H and O–H groups in total. The van der Waals surface area contributed by atoms with E-state index in [1.165, 1.54) is 0 Å². The number of hydrogen-bond donors (Lipinski definition) is 1. The normalized spacial score (nSPS) is 13.8. The summed E-state index contributed by atoms with van der Waals surface area (Å²) in [6, 6.07) is 16.4. The van der Waals surface area contributed by atoms with E-state index in [9.17, 15) is 9.59 Å². The highest BCUT2D eigenvalue weighted by molar-refractivity contribution is 5.95. The van der Waals surface area contributed by atoms with Crippen LogP contribution in [0.4, 0.5) is 11.5 Å². The molecule has 5 aromatic rings. The summed E-state index contributed by atoms with van der Waals surface area (Å²) in [5.41, 5.74) is 3.37. The van der Waals surface area contributed by atoms with Crippen LogP contribution >= 0.6 is 0 Å². The van der Waals surface area contributed by atoms with E-state index in [2.05, 4.69) is 35.8 Å². The lowest BCUT2D eigenvalue weighted by molar-refractivity contribution is 0.0529. The Labute approximate surface area is 204 Å². The summed E-state index contributed by atoms with van der Waals surface area (Å²) in [7, 11) is 0. The van der Waals surface area contributed by atoms with Crippen molar-refractivity contribution >= 4 is 40.0 Å². The molecule has 0 bridgehead atoms. The molecule has 0 saturated carbocycles. The van der Waals surface area contributed by atoms with Gasteiger partial charge in [0.15, 0.2) is 5.82 Å². The average molecular weight is 480 g/mol. The molecule has 178 valence electrons. The molecule has 0 radical (unpaired) electrons. The molecule has 0 spiro atoms. The monoisotopic (exact) mass is 480 g/mol. The van der Waals surface area contributed by atoms with Crippen molar-refractivity contribution < 1.29 is 9.59 Å². The number of fused-ring (bicyclic) bond motifs is 3. The highest BCUT2D eigenvalue weighted by Gasteiger charge is 2.26. The number of anilines is 2. The molecule has 36 heavy (non-hydrogen) atoms. The van der Waals surface area contributed by atoms with Crippen molar-refractivity contribution in [1.82, 2.24) is 44.8 Å². The van der Waals surface area contributed by atoms with Crippen molar-refractivity contribution in [2.45, 2.75) is 0 Å². The standard InChI is InChI=1S/C24H20N10O2/c35-23(32-12-14-33(15-13-32)24(36)21-25-10-3-11-26-21)16-6-8-17(9-7-16)27-20-22-29-30-31-34(22)19-5-2-1-4-18(19)28-20/h1-11H,12-15H2,(H,27,28). The average Bonchev–Trinajstić information content (AvgIpc) is 3.44. The predicted octanol–water partition coefficient (Wildman–Crippen LogP) is 1.80. The maximum absolute atomic E-state index is 13.0. The highest BCUT2D eigenvalue weighted by Crippen LogP contribution is 2.23. The lowest BCUT2D eigenvalue weighted by atomic mass is 10.1. The van der Waals surface area contributed by atoms with Gasteiger partial charge in [-0.2, -0.15) is 4.52 Å². The first kappa shape index (κ1) is 21.5. The van der Waals surface area contributed by atoms with Crippen LogP contribution in [0, 0.1) is 0 Å². The van der Waals surface area contributed by atoms with E-state index >= 15 is 0 Å².